The standard InChI is InChI=1S/C30H36ClN3O5S/c1-22(2)18-32-30(36)23(3)33(19-25-11-8-12-26(31)17-25)29(35)20-34(40(4,37)38)27-13-15-28(16-14-27)39-21-24-9-6-5-7-10-24/h5-17,22-23H,18-21H2,1-4H3,(H,32,36)/t23-/m1/s1. The summed E-state index contributed by atoms with van der Waals surface area (Å²) in [6.07, 6.45) is 1.04. The van der Waals surface area contributed by atoms with E-state index < -0.39 is 28.5 Å². The molecule has 3 aromatic rings. The third-order valence-corrected chi connectivity index (χ3v) is 7.52. The van der Waals surface area contributed by atoms with Gasteiger partial charge >= 0.3 is 0 Å². The van der Waals surface area contributed by atoms with Gasteiger partial charge in [-0.1, -0.05) is 67.9 Å². The Balaban J connectivity index is 1.81. The van der Waals surface area contributed by atoms with E-state index in [0.29, 0.717) is 29.6 Å². The second-order valence-corrected chi connectivity index (χ2v) is 12.3. The number of benzene rings is 3. The van der Waals surface area contributed by atoms with Crippen LogP contribution in [0.4, 0.5) is 5.69 Å². The van der Waals surface area contributed by atoms with Gasteiger partial charge in [-0.3, -0.25) is 13.9 Å². The van der Waals surface area contributed by atoms with Crippen LogP contribution < -0.4 is 14.4 Å². The Bertz CT molecular complexity index is 1380. The molecule has 0 saturated heterocycles. The zero-order chi connectivity index (χ0) is 29.3. The minimum atomic E-state index is -3.84. The molecule has 0 bridgehead atoms. The van der Waals surface area contributed by atoms with Crippen molar-refractivity contribution >= 4 is 39.1 Å². The van der Waals surface area contributed by atoms with Gasteiger partial charge in [-0.15, -0.1) is 0 Å². The van der Waals surface area contributed by atoms with Crippen molar-refractivity contribution in [2.24, 2.45) is 5.92 Å². The van der Waals surface area contributed by atoms with Crippen molar-refractivity contribution in [3.63, 3.8) is 0 Å². The van der Waals surface area contributed by atoms with Crippen LogP contribution in [0.5, 0.6) is 5.75 Å². The van der Waals surface area contributed by atoms with Crippen molar-refractivity contribution in [3.05, 3.63) is 95.0 Å². The molecular formula is C30H36ClN3O5S. The smallest absolute Gasteiger partial charge is 0.244 e. The zero-order valence-corrected chi connectivity index (χ0v) is 24.8. The molecule has 2 amide bonds. The molecule has 214 valence electrons. The molecule has 0 spiro atoms. The second-order valence-electron chi connectivity index (χ2n) is 10.0. The molecule has 3 aromatic carbocycles. The first-order valence-corrected chi connectivity index (χ1v) is 15.2. The molecule has 0 aliphatic rings. The molecule has 0 radical (unpaired) electrons. The number of amides is 2. The Labute approximate surface area is 241 Å². The Kier molecular flexibility index (Phi) is 11.0. The highest BCUT2D eigenvalue weighted by Crippen LogP contribution is 2.23. The lowest BCUT2D eigenvalue weighted by atomic mass is 10.1. The molecule has 1 N–H and O–H groups in total. The van der Waals surface area contributed by atoms with E-state index in [0.717, 1.165) is 21.7 Å². The first-order valence-electron chi connectivity index (χ1n) is 13.0. The van der Waals surface area contributed by atoms with Gasteiger partial charge in [-0.25, -0.2) is 8.42 Å². The van der Waals surface area contributed by atoms with Crippen LogP contribution in [-0.4, -0.2) is 50.5 Å². The van der Waals surface area contributed by atoms with Crippen molar-refractivity contribution in [2.45, 2.75) is 40.0 Å². The van der Waals surface area contributed by atoms with Crippen LogP contribution in [0.1, 0.15) is 31.9 Å². The summed E-state index contributed by atoms with van der Waals surface area (Å²) in [4.78, 5) is 28.0. The maximum Gasteiger partial charge on any atom is 0.244 e. The predicted octanol–water partition coefficient (Wildman–Crippen LogP) is 4.87. The number of carbonyl (C=O) groups is 2. The number of rotatable bonds is 13. The van der Waals surface area contributed by atoms with Gasteiger partial charge in [0.05, 0.1) is 11.9 Å². The fourth-order valence-corrected chi connectivity index (χ4v) is 4.99. The summed E-state index contributed by atoms with van der Waals surface area (Å²) in [5, 5.41) is 3.35. The van der Waals surface area contributed by atoms with Crippen molar-refractivity contribution in [1.82, 2.24) is 10.2 Å². The maximum absolute atomic E-state index is 13.7. The molecular weight excluding hydrogens is 550 g/mol. The van der Waals surface area contributed by atoms with Crippen molar-refractivity contribution < 1.29 is 22.7 Å². The van der Waals surface area contributed by atoms with Crippen LogP contribution in [0.3, 0.4) is 0 Å². The molecule has 1 atom stereocenters. The van der Waals surface area contributed by atoms with Crippen LogP contribution in [0.15, 0.2) is 78.9 Å². The minimum Gasteiger partial charge on any atom is -0.489 e. The van der Waals surface area contributed by atoms with Gasteiger partial charge in [0, 0.05) is 18.1 Å². The largest absolute Gasteiger partial charge is 0.489 e. The van der Waals surface area contributed by atoms with Crippen LogP contribution in [-0.2, 0) is 32.8 Å². The fraction of sp³-hybridized carbons (Fsp3) is 0.333. The Hall–Kier alpha value is -3.56. The highest BCUT2D eigenvalue weighted by Gasteiger charge is 2.30. The van der Waals surface area contributed by atoms with Crippen molar-refractivity contribution in [2.75, 3.05) is 23.7 Å². The molecule has 0 aliphatic carbocycles. The molecule has 40 heavy (non-hydrogen) atoms. The SMILES string of the molecule is CC(C)CNC(=O)[C@@H](C)N(Cc1cccc(Cl)c1)C(=O)CN(c1ccc(OCc2ccccc2)cc1)S(C)(=O)=O. The van der Waals surface area contributed by atoms with Crippen molar-refractivity contribution in [1.29, 1.82) is 0 Å². The van der Waals surface area contributed by atoms with Crippen LogP contribution in [0.2, 0.25) is 5.02 Å². The number of carbonyl (C=O) groups excluding carboxylic acids is 2. The number of sulfonamides is 1. The summed E-state index contributed by atoms with van der Waals surface area (Å²) in [5.41, 5.74) is 2.03. The minimum absolute atomic E-state index is 0.0829. The van der Waals surface area contributed by atoms with Gasteiger partial charge in [0.1, 0.15) is 24.9 Å². The van der Waals surface area contributed by atoms with Gasteiger partial charge in [0.2, 0.25) is 21.8 Å². The quantitative estimate of drug-likeness (QED) is 0.309. The number of halogens is 1. The summed E-state index contributed by atoms with van der Waals surface area (Å²) in [5.74, 6) is -0.0593. The number of ether oxygens (including phenoxy) is 1. The Morgan fingerprint density at radius 2 is 1.57 bits per heavy atom. The monoisotopic (exact) mass is 585 g/mol. The number of nitrogens with zero attached hydrogens (tertiary/aromatic N) is 2. The molecule has 0 unspecified atom stereocenters. The molecule has 0 aromatic heterocycles. The fourth-order valence-electron chi connectivity index (χ4n) is 3.93. The van der Waals surface area contributed by atoms with Gasteiger partial charge in [-0.2, -0.15) is 0 Å². The third-order valence-electron chi connectivity index (χ3n) is 6.15. The van der Waals surface area contributed by atoms with E-state index in [1.165, 1.54) is 4.90 Å². The third kappa shape index (κ3) is 9.27. The molecule has 0 aliphatic heterocycles. The summed E-state index contributed by atoms with van der Waals surface area (Å²) in [6, 6.07) is 22.3. The van der Waals surface area contributed by atoms with Gasteiger partial charge < -0.3 is 15.0 Å². The lowest BCUT2D eigenvalue weighted by Crippen LogP contribution is -2.51. The number of hydrogen-bond acceptors (Lipinski definition) is 5. The first-order chi connectivity index (χ1) is 18.9. The number of hydrogen-bond donors (Lipinski definition) is 1. The molecule has 10 heteroatoms. The van der Waals surface area contributed by atoms with E-state index in [9.17, 15) is 18.0 Å². The summed E-state index contributed by atoms with van der Waals surface area (Å²) < 4.78 is 32.4. The van der Waals surface area contributed by atoms with E-state index in [4.69, 9.17) is 16.3 Å². The zero-order valence-electron chi connectivity index (χ0n) is 23.2. The molecule has 8 nitrogen and oxygen atoms in total. The first kappa shape index (κ1) is 31.0. The molecule has 0 fully saturated rings. The van der Waals surface area contributed by atoms with Crippen molar-refractivity contribution in [3.8, 4) is 5.75 Å². The Morgan fingerprint density at radius 1 is 0.925 bits per heavy atom. The predicted molar refractivity (Wildman–Crippen MR) is 159 cm³/mol. The van der Waals surface area contributed by atoms with Crippen LogP contribution in [0.25, 0.3) is 0 Å². The summed E-state index contributed by atoms with van der Waals surface area (Å²) >= 11 is 6.15. The van der Waals surface area contributed by atoms with E-state index in [1.54, 1.807) is 55.5 Å². The van der Waals surface area contributed by atoms with E-state index >= 15 is 0 Å². The summed E-state index contributed by atoms with van der Waals surface area (Å²) in [7, 11) is -3.84. The van der Waals surface area contributed by atoms with E-state index in [-0.39, 0.29) is 18.4 Å². The maximum atomic E-state index is 13.7. The van der Waals surface area contributed by atoms with Gasteiger partial charge in [0.15, 0.2) is 0 Å². The normalized spacial score (nSPS) is 12.1. The molecule has 3 rings (SSSR count). The number of nitrogens with one attached hydrogen (secondary N) is 1. The average Bonchev–Trinajstić information content (AvgIpc) is 2.92. The highest BCUT2D eigenvalue weighted by molar-refractivity contribution is 7.92. The molecule has 0 heterocycles. The summed E-state index contributed by atoms with van der Waals surface area (Å²) in [6.45, 7) is 6.00. The van der Waals surface area contributed by atoms with Crippen LogP contribution >= 0.6 is 11.6 Å². The Morgan fingerprint density at radius 3 is 2.17 bits per heavy atom. The van der Waals surface area contributed by atoms with Gasteiger partial charge in [0.25, 0.3) is 0 Å². The van der Waals surface area contributed by atoms with Crippen LogP contribution in [0, 0.1) is 5.92 Å². The van der Waals surface area contributed by atoms with E-state index in [2.05, 4.69) is 5.32 Å². The lowest BCUT2D eigenvalue weighted by molar-refractivity contribution is -0.139. The van der Waals surface area contributed by atoms with Gasteiger partial charge in [-0.05, 0) is 60.4 Å². The average molecular weight is 586 g/mol. The lowest BCUT2D eigenvalue weighted by Gasteiger charge is -2.31. The topological polar surface area (TPSA) is 96.0 Å². The highest BCUT2D eigenvalue weighted by atomic mass is 35.5. The van der Waals surface area contributed by atoms with E-state index in [1.807, 2.05) is 44.2 Å². The molecule has 0 saturated carbocycles. The second kappa shape index (κ2) is 14.2. The number of anilines is 1.